The molecule has 1 aromatic rings. The van der Waals surface area contributed by atoms with Crippen LogP contribution in [-0.2, 0) is 15.9 Å². The summed E-state index contributed by atoms with van der Waals surface area (Å²) in [5, 5.41) is 0. The molecule has 0 spiro atoms. The number of nitrogens with two attached hydrogens (primary N) is 1. The number of hydrogen-bond acceptors (Lipinski definition) is 4. The first-order valence-electron chi connectivity index (χ1n) is 5.98. The van der Waals surface area contributed by atoms with Crippen LogP contribution in [0.4, 0.5) is 4.39 Å². The van der Waals surface area contributed by atoms with E-state index in [0.29, 0.717) is 11.2 Å². The standard InChI is InChI=1S/C12H18BFN2O2/c1-11(2)12(3,4)18-13(17-11)9-6-5-8(7-15)10(14)16-9/h5-6H,7,15H2,1-4H3. The molecule has 1 saturated heterocycles. The summed E-state index contributed by atoms with van der Waals surface area (Å²) >= 11 is 0. The molecule has 1 fully saturated rings. The van der Waals surface area contributed by atoms with Crippen molar-refractivity contribution >= 4 is 12.7 Å². The van der Waals surface area contributed by atoms with Gasteiger partial charge in [-0.25, -0.2) is 4.98 Å². The molecule has 0 amide bonds. The summed E-state index contributed by atoms with van der Waals surface area (Å²) in [7, 11) is -0.642. The van der Waals surface area contributed by atoms with E-state index in [0.717, 1.165) is 0 Å². The van der Waals surface area contributed by atoms with Crippen molar-refractivity contribution in [1.29, 1.82) is 0 Å². The van der Waals surface area contributed by atoms with Crippen molar-refractivity contribution in [3.63, 3.8) is 0 Å². The van der Waals surface area contributed by atoms with E-state index in [9.17, 15) is 4.39 Å². The number of pyridine rings is 1. The molecule has 4 nitrogen and oxygen atoms in total. The fourth-order valence-corrected chi connectivity index (χ4v) is 1.72. The van der Waals surface area contributed by atoms with Gasteiger partial charge in [-0.1, -0.05) is 6.07 Å². The van der Waals surface area contributed by atoms with Crippen LogP contribution in [-0.4, -0.2) is 23.3 Å². The van der Waals surface area contributed by atoms with E-state index in [4.69, 9.17) is 15.0 Å². The minimum absolute atomic E-state index is 0.127. The van der Waals surface area contributed by atoms with E-state index in [-0.39, 0.29) is 6.54 Å². The summed E-state index contributed by atoms with van der Waals surface area (Å²) in [6.45, 7) is 7.90. The van der Waals surface area contributed by atoms with Crippen molar-refractivity contribution in [3.05, 3.63) is 23.6 Å². The second-order valence-corrected chi connectivity index (χ2v) is 5.48. The average Bonchev–Trinajstić information content (AvgIpc) is 2.48. The molecule has 0 aliphatic carbocycles. The molecule has 0 saturated carbocycles. The average molecular weight is 252 g/mol. The maximum Gasteiger partial charge on any atom is 0.514 e. The van der Waals surface area contributed by atoms with Crippen LogP contribution >= 0.6 is 0 Å². The van der Waals surface area contributed by atoms with Crippen LogP contribution in [0.5, 0.6) is 0 Å². The molecule has 6 heteroatoms. The molecule has 0 radical (unpaired) electrons. The lowest BCUT2D eigenvalue weighted by molar-refractivity contribution is 0.00578. The molecular formula is C12H18BFN2O2. The lowest BCUT2D eigenvalue weighted by Gasteiger charge is -2.32. The monoisotopic (exact) mass is 252 g/mol. The van der Waals surface area contributed by atoms with Crippen molar-refractivity contribution in [3.8, 4) is 0 Å². The molecule has 1 aliphatic heterocycles. The lowest BCUT2D eigenvalue weighted by Crippen LogP contribution is -2.41. The van der Waals surface area contributed by atoms with Crippen LogP contribution in [0, 0.1) is 5.95 Å². The highest BCUT2D eigenvalue weighted by atomic mass is 19.1. The van der Waals surface area contributed by atoms with Gasteiger partial charge in [0, 0.05) is 12.1 Å². The Balaban J connectivity index is 2.27. The number of hydrogen-bond donors (Lipinski definition) is 1. The van der Waals surface area contributed by atoms with Crippen molar-refractivity contribution in [2.75, 3.05) is 0 Å². The fourth-order valence-electron chi connectivity index (χ4n) is 1.72. The zero-order valence-electron chi connectivity index (χ0n) is 11.2. The van der Waals surface area contributed by atoms with Crippen molar-refractivity contribution in [2.45, 2.75) is 45.4 Å². The Labute approximate surface area is 107 Å². The van der Waals surface area contributed by atoms with Gasteiger partial charge in [0.1, 0.15) is 0 Å². The van der Waals surface area contributed by atoms with Crippen molar-refractivity contribution in [2.24, 2.45) is 5.73 Å². The maximum absolute atomic E-state index is 13.6. The van der Waals surface area contributed by atoms with E-state index in [1.807, 2.05) is 27.7 Å². The molecule has 1 aliphatic rings. The van der Waals surface area contributed by atoms with Gasteiger partial charge in [0.15, 0.2) is 0 Å². The molecule has 1 aromatic heterocycles. The Bertz CT molecular complexity index is 449. The molecule has 18 heavy (non-hydrogen) atoms. The summed E-state index contributed by atoms with van der Waals surface area (Å²) in [6.07, 6.45) is 0. The normalized spacial score (nSPS) is 21.3. The van der Waals surface area contributed by atoms with Gasteiger partial charge in [-0.05, 0) is 33.8 Å². The molecule has 0 atom stereocenters. The second kappa shape index (κ2) is 4.29. The van der Waals surface area contributed by atoms with E-state index < -0.39 is 24.3 Å². The van der Waals surface area contributed by atoms with Crippen LogP contribution in [0.25, 0.3) is 0 Å². The van der Waals surface area contributed by atoms with Gasteiger partial charge in [-0.2, -0.15) is 4.39 Å². The zero-order valence-corrected chi connectivity index (χ0v) is 11.2. The second-order valence-electron chi connectivity index (χ2n) is 5.48. The predicted molar refractivity (Wildman–Crippen MR) is 67.8 cm³/mol. The minimum Gasteiger partial charge on any atom is -0.398 e. The van der Waals surface area contributed by atoms with Crippen LogP contribution in [0.2, 0.25) is 0 Å². The van der Waals surface area contributed by atoms with Crippen molar-refractivity contribution in [1.82, 2.24) is 4.98 Å². The highest BCUT2D eigenvalue weighted by Crippen LogP contribution is 2.36. The van der Waals surface area contributed by atoms with Crippen LogP contribution in [0.15, 0.2) is 12.1 Å². The highest BCUT2D eigenvalue weighted by molar-refractivity contribution is 6.61. The zero-order chi connectivity index (χ0) is 13.6. The largest absolute Gasteiger partial charge is 0.514 e. The van der Waals surface area contributed by atoms with Gasteiger partial charge in [0.25, 0.3) is 0 Å². The Morgan fingerprint density at radius 1 is 1.22 bits per heavy atom. The first-order valence-corrected chi connectivity index (χ1v) is 5.98. The van der Waals surface area contributed by atoms with Gasteiger partial charge in [-0.3, -0.25) is 0 Å². The first-order chi connectivity index (χ1) is 8.27. The fraction of sp³-hybridized carbons (Fsp3) is 0.583. The van der Waals surface area contributed by atoms with E-state index in [1.54, 1.807) is 12.1 Å². The molecular weight excluding hydrogens is 234 g/mol. The van der Waals surface area contributed by atoms with Gasteiger partial charge in [0.05, 0.1) is 16.8 Å². The molecule has 0 unspecified atom stereocenters. The quantitative estimate of drug-likeness (QED) is 0.629. The Morgan fingerprint density at radius 3 is 2.22 bits per heavy atom. The molecule has 0 bridgehead atoms. The number of rotatable bonds is 2. The molecule has 2 N–H and O–H groups in total. The van der Waals surface area contributed by atoms with E-state index in [1.165, 1.54) is 0 Å². The maximum atomic E-state index is 13.6. The van der Waals surface area contributed by atoms with E-state index >= 15 is 0 Å². The Kier molecular flexibility index (Phi) is 3.21. The van der Waals surface area contributed by atoms with Gasteiger partial charge < -0.3 is 15.0 Å². The minimum atomic E-state index is -0.642. The summed E-state index contributed by atoms with van der Waals surface area (Å²) in [5.41, 5.74) is 5.30. The lowest BCUT2D eigenvalue weighted by atomic mass is 9.84. The highest BCUT2D eigenvalue weighted by Gasteiger charge is 2.52. The summed E-state index contributed by atoms with van der Waals surface area (Å²) in [5.74, 6) is -0.565. The van der Waals surface area contributed by atoms with Crippen LogP contribution in [0.1, 0.15) is 33.3 Å². The molecule has 2 heterocycles. The molecule has 2 rings (SSSR count). The Morgan fingerprint density at radius 2 is 1.78 bits per heavy atom. The van der Waals surface area contributed by atoms with Crippen molar-refractivity contribution < 1.29 is 13.7 Å². The SMILES string of the molecule is CC1(C)OB(c2ccc(CN)c(F)n2)OC1(C)C. The third-order valence-corrected chi connectivity index (χ3v) is 3.66. The van der Waals surface area contributed by atoms with Gasteiger partial charge in [0.2, 0.25) is 5.95 Å². The van der Waals surface area contributed by atoms with Gasteiger partial charge >= 0.3 is 7.12 Å². The third kappa shape index (κ3) is 2.16. The number of nitrogens with zero attached hydrogens (tertiary/aromatic N) is 1. The third-order valence-electron chi connectivity index (χ3n) is 3.66. The van der Waals surface area contributed by atoms with Gasteiger partial charge in [-0.15, -0.1) is 0 Å². The topological polar surface area (TPSA) is 57.4 Å². The predicted octanol–water partition coefficient (Wildman–Crippen LogP) is 0.979. The number of aromatic nitrogens is 1. The summed E-state index contributed by atoms with van der Waals surface area (Å²) < 4.78 is 25.2. The van der Waals surface area contributed by atoms with E-state index in [2.05, 4.69) is 4.98 Å². The Hall–Kier alpha value is -0.975. The molecule has 0 aromatic carbocycles. The number of halogens is 1. The summed E-state index contributed by atoms with van der Waals surface area (Å²) in [6, 6.07) is 3.30. The summed E-state index contributed by atoms with van der Waals surface area (Å²) in [4.78, 5) is 3.86. The molecule has 98 valence electrons. The first kappa shape index (κ1) is 13.5. The van der Waals surface area contributed by atoms with Crippen LogP contribution in [0.3, 0.4) is 0 Å². The smallest absolute Gasteiger partial charge is 0.398 e. The van der Waals surface area contributed by atoms with Crippen LogP contribution < -0.4 is 11.3 Å².